The molecule has 4 aromatic carbocycles. The first-order chi connectivity index (χ1) is 39.8. The van der Waals surface area contributed by atoms with Crippen LogP contribution in [0.3, 0.4) is 0 Å². The standard InChI is InChI=1S/C70H102N2O10/c1-9-11-13-15-17-19-21-23-25-27-29-31-33-57(69(73)74)71(3)43-41-53-48-62(78-6)64-50-56(53)59(71)45-51-35-38-55(39-36-51)81-63-47-52(37-40-61(63)77-5)46-60-66-54(49-65(79-7)67(80-8)68(66)82-64)42-44-72(60,4)58(70(75)76)34-32-30-28-26-24-22-20-18-16-14-12-10-2/h35-40,47-50,57-60H,9-34,41-46H2,1-8H3/p+2. The van der Waals surface area contributed by atoms with Gasteiger partial charge in [0.1, 0.15) is 17.8 Å². The second-order valence-electron chi connectivity index (χ2n) is 24.7. The average Bonchev–Trinajstić information content (AvgIpc) is 3.49. The van der Waals surface area contributed by atoms with Crippen LogP contribution in [0.25, 0.3) is 0 Å². The molecule has 0 spiro atoms. The van der Waals surface area contributed by atoms with Gasteiger partial charge in [-0.15, -0.1) is 0 Å². The summed E-state index contributed by atoms with van der Waals surface area (Å²) in [5.41, 5.74) is 6.00. The van der Waals surface area contributed by atoms with Crippen molar-refractivity contribution in [2.75, 3.05) is 55.6 Å². The van der Waals surface area contributed by atoms with E-state index in [0.717, 1.165) is 71.9 Å². The van der Waals surface area contributed by atoms with E-state index in [0.29, 0.717) is 102 Å². The number of nitrogens with zero attached hydrogens (tertiary/aromatic N) is 2. The van der Waals surface area contributed by atoms with Crippen molar-refractivity contribution < 1.29 is 57.2 Å². The van der Waals surface area contributed by atoms with Gasteiger partial charge in [0.05, 0.1) is 61.2 Å². The number of carbonyl (C=O) groups is 2. The molecule has 0 amide bonds. The molecular weight excluding hydrogens is 1030 g/mol. The minimum absolute atomic E-state index is 0.241. The molecule has 4 aliphatic rings. The summed E-state index contributed by atoms with van der Waals surface area (Å²) in [6.07, 6.45) is 32.5. The number of aliphatic carboxylic acids is 2. The van der Waals surface area contributed by atoms with Crippen LogP contribution < -0.4 is 28.4 Å². The third kappa shape index (κ3) is 16.2. The molecule has 8 rings (SSSR count). The predicted octanol–water partition coefficient (Wildman–Crippen LogP) is 17.3. The van der Waals surface area contributed by atoms with Crippen molar-refractivity contribution in [3.63, 3.8) is 0 Å². The first-order valence-corrected chi connectivity index (χ1v) is 32.1. The molecule has 82 heavy (non-hydrogen) atoms. The van der Waals surface area contributed by atoms with E-state index in [9.17, 15) is 19.8 Å². The fourth-order valence-corrected chi connectivity index (χ4v) is 14.1. The number of quaternary nitrogens is 2. The van der Waals surface area contributed by atoms with Crippen LogP contribution in [0.4, 0.5) is 0 Å². The quantitative estimate of drug-likeness (QED) is 0.0344. The van der Waals surface area contributed by atoms with Crippen molar-refractivity contribution in [1.29, 1.82) is 0 Å². The lowest BCUT2D eigenvalue weighted by molar-refractivity contribution is -0.956. The lowest BCUT2D eigenvalue weighted by atomic mass is 9.83. The van der Waals surface area contributed by atoms with Gasteiger partial charge in [-0.25, -0.2) is 9.59 Å². The SMILES string of the molecule is CCCCCCCCCCCCCCC(C(=O)O)[N+]1(C)CCc2cc(OC)c3cc2C1Cc1ccc(cc1)Oc1cc(ccc1OC)CC1c2c(cc(OC)c(OC)c2O3)CC[N+]1(C)C(CCCCCCCCCCCCCC)C(=O)O. The minimum Gasteiger partial charge on any atom is -0.493 e. The highest BCUT2D eigenvalue weighted by Gasteiger charge is 2.51. The molecular formula is C70H104N2O10+2. The van der Waals surface area contributed by atoms with Gasteiger partial charge in [-0.1, -0.05) is 173 Å². The summed E-state index contributed by atoms with van der Waals surface area (Å²) in [7, 11) is 10.8. The lowest BCUT2D eigenvalue weighted by Crippen LogP contribution is -2.61. The number of ether oxygens (including phenoxy) is 6. The number of rotatable bonds is 34. The smallest absolute Gasteiger partial charge is 0.362 e. The maximum absolute atomic E-state index is 14.0. The number of benzene rings is 4. The summed E-state index contributed by atoms with van der Waals surface area (Å²) in [6.45, 7) is 5.75. The summed E-state index contributed by atoms with van der Waals surface area (Å²) in [5, 5.41) is 22.7. The number of carboxylic acid groups (broad SMARTS) is 2. The Morgan fingerprint density at radius 3 is 1.43 bits per heavy atom. The molecule has 0 aliphatic carbocycles. The summed E-state index contributed by atoms with van der Waals surface area (Å²) in [4.78, 5) is 27.7. The van der Waals surface area contributed by atoms with Crippen molar-refractivity contribution in [2.45, 2.75) is 231 Å². The summed E-state index contributed by atoms with van der Waals surface area (Å²) in [5.74, 6) is 2.62. The maximum Gasteiger partial charge on any atom is 0.362 e. The largest absolute Gasteiger partial charge is 0.493 e. The van der Waals surface area contributed by atoms with E-state index in [1.165, 1.54) is 116 Å². The second-order valence-corrected chi connectivity index (χ2v) is 24.7. The number of carboxylic acids is 2. The Balaban J connectivity index is 1.27. The van der Waals surface area contributed by atoms with Gasteiger partial charge in [-0.2, -0.15) is 0 Å². The fourth-order valence-electron chi connectivity index (χ4n) is 14.1. The normalized spacial score (nSPS) is 19.9. The monoisotopic (exact) mass is 1130 g/mol. The molecule has 0 aromatic heterocycles. The molecule has 2 N–H and O–H groups in total. The van der Waals surface area contributed by atoms with Crippen LogP contribution in [-0.4, -0.2) is 98.8 Å². The molecule has 0 radical (unpaired) electrons. The van der Waals surface area contributed by atoms with E-state index in [2.05, 4.69) is 58.3 Å². The Morgan fingerprint density at radius 1 is 0.500 bits per heavy atom. The van der Waals surface area contributed by atoms with Crippen LogP contribution in [0.15, 0.2) is 60.7 Å². The van der Waals surface area contributed by atoms with E-state index >= 15 is 0 Å². The van der Waals surface area contributed by atoms with E-state index < -0.39 is 30.1 Å². The third-order valence-corrected chi connectivity index (χ3v) is 19.1. The number of unbranched alkanes of at least 4 members (excludes halogenated alkanes) is 22. The summed E-state index contributed by atoms with van der Waals surface area (Å²) < 4.78 is 39.4. The Labute approximate surface area is 493 Å². The van der Waals surface area contributed by atoms with Crippen LogP contribution in [0, 0.1) is 0 Å². The minimum atomic E-state index is -0.805. The first kappa shape index (κ1) is 64.1. The average molecular weight is 1130 g/mol. The molecule has 4 aromatic rings. The summed E-state index contributed by atoms with van der Waals surface area (Å²) in [6, 6.07) is 18.4. The highest BCUT2D eigenvalue weighted by molar-refractivity contribution is 5.73. The zero-order chi connectivity index (χ0) is 58.5. The Morgan fingerprint density at radius 2 is 0.939 bits per heavy atom. The van der Waals surface area contributed by atoms with Gasteiger partial charge in [-0.05, 0) is 77.6 Å². The fraction of sp³-hybridized carbons (Fsp3) is 0.629. The first-order valence-electron chi connectivity index (χ1n) is 32.1. The van der Waals surface area contributed by atoms with E-state index in [1.54, 1.807) is 28.4 Å². The Hall–Kier alpha value is -5.46. The van der Waals surface area contributed by atoms with Gasteiger partial charge < -0.3 is 47.6 Å². The molecule has 12 nitrogen and oxygen atoms in total. The van der Waals surface area contributed by atoms with E-state index in [4.69, 9.17) is 28.4 Å². The molecule has 6 unspecified atom stereocenters. The molecule has 6 bridgehead atoms. The highest BCUT2D eigenvalue weighted by atomic mass is 16.5. The van der Waals surface area contributed by atoms with Crippen molar-refractivity contribution in [3.8, 4) is 46.0 Å². The molecule has 0 saturated heterocycles. The van der Waals surface area contributed by atoms with Gasteiger partial charge in [0, 0.05) is 44.1 Å². The van der Waals surface area contributed by atoms with Gasteiger partial charge in [0.25, 0.3) is 0 Å². The molecule has 4 heterocycles. The maximum atomic E-state index is 14.0. The number of methoxy groups -OCH3 is 4. The van der Waals surface area contributed by atoms with E-state index in [-0.39, 0.29) is 10.5 Å². The Bertz CT molecular complexity index is 2640. The molecule has 4 aliphatic heterocycles. The molecule has 6 atom stereocenters. The third-order valence-electron chi connectivity index (χ3n) is 19.1. The number of likely N-dealkylation sites (N-methyl/N-ethyl adjacent to an activating group) is 2. The van der Waals surface area contributed by atoms with Crippen LogP contribution in [0.5, 0.6) is 46.0 Å². The molecule has 452 valence electrons. The number of fused-ring (bicyclic) bond motifs is 2. The van der Waals surface area contributed by atoms with Crippen LogP contribution in [0.2, 0.25) is 0 Å². The number of hydrogen-bond donors (Lipinski definition) is 2. The zero-order valence-corrected chi connectivity index (χ0v) is 51.8. The summed E-state index contributed by atoms with van der Waals surface area (Å²) >= 11 is 0. The van der Waals surface area contributed by atoms with E-state index in [1.807, 2.05) is 30.3 Å². The molecule has 0 saturated carbocycles. The van der Waals surface area contributed by atoms with Gasteiger partial charge in [-0.3, -0.25) is 0 Å². The lowest BCUT2D eigenvalue weighted by Gasteiger charge is -2.49. The van der Waals surface area contributed by atoms with Crippen molar-refractivity contribution in [1.82, 2.24) is 0 Å². The van der Waals surface area contributed by atoms with Crippen molar-refractivity contribution in [3.05, 3.63) is 94.0 Å². The van der Waals surface area contributed by atoms with Gasteiger partial charge >= 0.3 is 11.9 Å². The zero-order valence-electron chi connectivity index (χ0n) is 51.8. The molecule has 12 heteroatoms. The molecule has 0 fully saturated rings. The van der Waals surface area contributed by atoms with Crippen LogP contribution >= 0.6 is 0 Å². The van der Waals surface area contributed by atoms with Crippen LogP contribution in [-0.2, 0) is 35.3 Å². The highest BCUT2D eigenvalue weighted by Crippen LogP contribution is 2.55. The number of hydrogen-bond acceptors (Lipinski definition) is 8. The predicted molar refractivity (Wildman–Crippen MR) is 329 cm³/mol. The Kier molecular flexibility index (Phi) is 25.0. The second kappa shape index (κ2) is 32.0. The van der Waals surface area contributed by atoms with Gasteiger partial charge in [0.2, 0.25) is 5.75 Å². The topological polar surface area (TPSA) is 130 Å². The van der Waals surface area contributed by atoms with Crippen molar-refractivity contribution in [2.24, 2.45) is 0 Å². The van der Waals surface area contributed by atoms with Crippen molar-refractivity contribution >= 4 is 11.9 Å². The van der Waals surface area contributed by atoms with Gasteiger partial charge in [0.15, 0.2) is 46.6 Å². The van der Waals surface area contributed by atoms with Crippen LogP contribution in [0.1, 0.15) is 226 Å².